The molecular weight excluding hydrogens is 322 g/mol. The summed E-state index contributed by atoms with van der Waals surface area (Å²) < 4.78 is 1.13. The molecule has 0 bridgehead atoms. The monoisotopic (exact) mass is 345 g/mol. The number of nitrogens with one attached hydrogen (secondary N) is 1. The summed E-state index contributed by atoms with van der Waals surface area (Å²) >= 11 is 3.58. The van der Waals surface area contributed by atoms with E-state index in [1.54, 1.807) is 0 Å². The number of hydrogen-bond donors (Lipinski definition) is 1. The first-order chi connectivity index (χ1) is 10.2. The molecular formula is C19H24BrN. The number of aryl methyl sites for hydroxylation is 2. The maximum Gasteiger partial charge on any atom is 0.0577 e. The van der Waals surface area contributed by atoms with Crippen LogP contribution in [-0.4, -0.2) is 7.05 Å². The van der Waals surface area contributed by atoms with Gasteiger partial charge in [-0.05, 0) is 61.2 Å². The summed E-state index contributed by atoms with van der Waals surface area (Å²) in [6, 6.07) is 15.8. The van der Waals surface area contributed by atoms with Gasteiger partial charge in [-0.25, -0.2) is 0 Å². The molecule has 0 saturated heterocycles. The first-order valence-corrected chi connectivity index (χ1v) is 8.47. The summed E-state index contributed by atoms with van der Waals surface area (Å²) in [5.41, 5.74) is 5.39. The van der Waals surface area contributed by atoms with E-state index in [9.17, 15) is 0 Å². The summed E-state index contributed by atoms with van der Waals surface area (Å²) in [6.07, 6.45) is 3.69. The fourth-order valence-electron chi connectivity index (χ4n) is 2.68. The Morgan fingerprint density at radius 2 is 1.81 bits per heavy atom. The van der Waals surface area contributed by atoms with E-state index in [2.05, 4.69) is 77.6 Å². The van der Waals surface area contributed by atoms with E-state index in [0.29, 0.717) is 0 Å². The number of halogens is 1. The van der Waals surface area contributed by atoms with Crippen molar-refractivity contribution in [3.8, 4) is 0 Å². The van der Waals surface area contributed by atoms with Crippen molar-refractivity contribution in [2.45, 2.75) is 39.2 Å². The molecule has 0 fully saturated rings. The quantitative estimate of drug-likeness (QED) is 0.737. The van der Waals surface area contributed by atoms with Crippen molar-refractivity contribution in [2.24, 2.45) is 0 Å². The van der Waals surface area contributed by atoms with Crippen LogP contribution < -0.4 is 5.32 Å². The minimum atomic E-state index is 0.239. The maximum absolute atomic E-state index is 3.58. The van der Waals surface area contributed by atoms with Gasteiger partial charge in [0, 0.05) is 4.47 Å². The Morgan fingerprint density at radius 3 is 2.43 bits per heavy atom. The molecule has 2 aromatic carbocycles. The molecule has 0 aliphatic heterocycles. The fraction of sp³-hybridized carbons (Fsp3) is 0.368. The Kier molecular flexibility index (Phi) is 6.01. The van der Waals surface area contributed by atoms with Gasteiger partial charge in [0.1, 0.15) is 0 Å². The topological polar surface area (TPSA) is 12.0 Å². The molecule has 0 heterocycles. The van der Waals surface area contributed by atoms with E-state index < -0.39 is 0 Å². The lowest BCUT2D eigenvalue weighted by Gasteiger charge is -2.20. The molecule has 1 nitrogen and oxygen atoms in total. The Hall–Kier alpha value is -1.12. The average molecular weight is 346 g/mol. The molecule has 2 heteroatoms. The summed E-state index contributed by atoms with van der Waals surface area (Å²) in [5.74, 6) is 0. The molecule has 1 N–H and O–H groups in total. The molecule has 0 spiro atoms. The molecule has 0 aliphatic rings. The lowest BCUT2D eigenvalue weighted by Crippen LogP contribution is -2.18. The third-order valence-electron chi connectivity index (χ3n) is 3.97. The first-order valence-electron chi connectivity index (χ1n) is 7.68. The van der Waals surface area contributed by atoms with Crippen molar-refractivity contribution in [3.05, 3.63) is 69.2 Å². The molecule has 0 radical (unpaired) electrons. The van der Waals surface area contributed by atoms with Crippen LogP contribution in [0.4, 0.5) is 0 Å². The molecule has 1 unspecified atom stereocenters. The first kappa shape index (κ1) is 16.3. The minimum Gasteiger partial charge on any atom is -0.309 e. The maximum atomic E-state index is 3.58. The number of rotatable bonds is 6. The standard InChI is InChI=1S/C19H24BrN/c1-4-5-6-15-8-10-16(11-9-15)19(21-3)18-13-17(20)12-7-14(18)2/h7-13,19,21H,4-6H2,1-3H3. The number of hydrogen-bond acceptors (Lipinski definition) is 1. The van der Waals surface area contributed by atoms with Crippen LogP contribution in [0.1, 0.15) is 48.1 Å². The van der Waals surface area contributed by atoms with Gasteiger partial charge in [0.25, 0.3) is 0 Å². The van der Waals surface area contributed by atoms with Gasteiger partial charge in [-0.3, -0.25) is 0 Å². The summed E-state index contributed by atoms with van der Waals surface area (Å²) in [7, 11) is 2.02. The zero-order valence-corrected chi connectivity index (χ0v) is 14.7. The highest BCUT2D eigenvalue weighted by Gasteiger charge is 2.14. The minimum absolute atomic E-state index is 0.239. The molecule has 0 amide bonds. The Balaban J connectivity index is 2.26. The highest BCUT2D eigenvalue weighted by atomic mass is 79.9. The SMILES string of the molecule is CCCCc1ccc(C(NC)c2cc(Br)ccc2C)cc1. The van der Waals surface area contributed by atoms with Crippen LogP contribution in [-0.2, 0) is 6.42 Å². The fourth-order valence-corrected chi connectivity index (χ4v) is 3.06. The van der Waals surface area contributed by atoms with E-state index >= 15 is 0 Å². The highest BCUT2D eigenvalue weighted by Crippen LogP contribution is 2.27. The zero-order valence-electron chi connectivity index (χ0n) is 13.1. The second kappa shape index (κ2) is 7.77. The van der Waals surface area contributed by atoms with E-state index in [-0.39, 0.29) is 6.04 Å². The van der Waals surface area contributed by atoms with Gasteiger partial charge in [0.2, 0.25) is 0 Å². The molecule has 0 aliphatic carbocycles. The third kappa shape index (κ3) is 4.18. The smallest absolute Gasteiger partial charge is 0.0577 e. The molecule has 1 atom stereocenters. The normalized spacial score (nSPS) is 12.4. The zero-order chi connectivity index (χ0) is 15.2. The molecule has 112 valence electrons. The summed E-state index contributed by atoms with van der Waals surface area (Å²) in [5, 5.41) is 3.44. The second-order valence-corrected chi connectivity index (χ2v) is 6.48. The van der Waals surface area contributed by atoms with Crippen molar-refractivity contribution < 1.29 is 0 Å². The Bertz CT molecular complexity index is 575. The van der Waals surface area contributed by atoms with Gasteiger partial charge in [-0.1, -0.05) is 59.6 Å². The van der Waals surface area contributed by atoms with Gasteiger partial charge in [0.15, 0.2) is 0 Å². The average Bonchev–Trinajstić information content (AvgIpc) is 2.50. The van der Waals surface area contributed by atoms with Crippen molar-refractivity contribution in [2.75, 3.05) is 7.05 Å². The molecule has 0 saturated carbocycles. The molecule has 2 rings (SSSR count). The lowest BCUT2D eigenvalue weighted by atomic mass is 9.94. The van der Waals surface area contributed by atoms with Crippen molar-refractivity contribution in [1.29, 1.82) is 0 Å². The molecule has 21 heavy (non-hydrogen) atoms. The van der Waals surface area contributed by atoms with Gasteiger partial charge < -0.3 is 5.32 Å². The van der Waals surface area contributed by atoms with Crippen LogP contribution in [0.3, 0.4) is 0 Å². The molecule has 0 aromatic heterocycles. The largest absolute Gasteiger partial charge is 0.309 e. The van der Waals surface area contributed by atoms with Gasteiger partial charge >= 0.3 is 0 Å². The predicted molar refractivity (Wildman–Crippen MR) is 94.8 cm³/mol. The van der Waals surface area contributed by atoms with Crippen LogP contribution in [0.5, 0.6) is 0 Å². The van der Waals surface area contributed by atoms with E-state index in [1.807, 2.05) is 7.05 Å². The summed E-state index contributed by atoms with van der Waals surface area (Å²) in [6.45, 7) is 4.41. The van der Waals surface area contributed by atoms with E-state index in [4.69, 9.17) is 0 Å². The van der Waals surface area contributed by atoms with Gasteiger partial charge in [0.05, 0.1) is 6.04 Å². The van der Waals surface area contributed by atoms with Crippen molar-refractivity contribution in [3.63, 3.8) is 0 Å². The van der Waals surface area contributed by atoms with Gasteiger partial charge in [-0.15, -0.1) is 0 Å². The Morgan fingerprint density at radius 1 is 1.10 bits per heavy atom. The number of benzene rings is 2. The van der Waals surface area contributed by atoms with Crippen LogP contribution in [0.15, 0.2) is 46.9 Å². The van der Waals surface area contributed by atoms with Crippen molar-refractivity contribution >= 4 is 15.9 Å². The second-order valence-electron chi connectivity index (χ2n) is 5.57. The third-order valence-corrected chi connectivity index (χ3v) is 4.47. The predicted octanol–water partition coefficient (Wildman–Crippen LogP) is 5.41. The lowest BCUT2D eigenvalue weighted by molar-refractivity contribution is 0.686. The van der Waals surface area contributed by atoms with Crippen LogP contribution in [0, 0.1) is 6.92 Å². The highest BCUT2D eigenvalue weighted by molar-refractivity contribution is 9.10. The molecule has 2 aromatic rings. The van der Waals surface area contributed by atoms with Crippen LogP contribution in [0.25, 0.3) is 0 Å². The van der Waals surface area contributed by atoms with Crippen LogP contribution >= 0.6 is 15.9 Å². The van der Waals surface area contributed by atoms with E-state index in [1.165, 1.54) is 41.5 Å². The Labute approximate surface area is 136 Å². The summed E-state index contributed by atoms with van der Waals surface area (Å²) in [4.78, 5) is 0. The number of unbranched alkanes of at least 4 members (excludes halogenated alkanes) is 1. The van der Waals surface area contributed by atoms with Crippen LogP contribution in [0.2, 0.25) is 0 Å². The van der Waals surface area contributed by atoms with Crippen molar-refractivity contribution in [1.82, 2.24) is 5.32 Å². The van der Waals surface area contributed by atoms with E-state index in [0.717, 1.165) is 4.47 Å². The van der Waals surface area contributed by atoms with Gasteiger partial charge in [-0.2, -0.15) is 0 Å².